The van der Waals surface area contributed by atoms with Crippen LogP contribution in [0.15, 0.2) is 0 Å². The van der Waals surface area contributed by atoms with Gasteiger partial charge < -0.3 is 10.1 Å². The third kappa shape index (κ3) is 1.77. The zero-order valence-electron chi connectivity index (χ0n) is 10.5. The lowest BCUT2D eigenvalue weighted by molar-refractivity contribution is -0.144. The van der Waals surface area contributed by atoms with Gasteiger partial charge in [-0.3, -0.25) is 9.36 Å². The summed E-state index contributed by atoms with van der Waals surface area (Å²) in [7, 11) is 1.42. The fourth-order valence-electron chi connectivity index (χ4n) is 2.08. The predicted octanol–water partition coefficient (Wildman–Crippen LogP) is 0.934. The molecule has 1 fully saturated rings. The average molecular weight is 238 g/mol. The number of rotatable bonds is 5. The molecule has 6 heteroatoms. The number of carbonyl (C=O) groups is 1. The minimum absolute atomic E-state index is 0.206. The molecule has 0 amide bonds. The van der Waals surface area contributed by atoms with Crippen LogP contribution in [0.4, 0.5) is 5.95 Å². The molecule has 0 unspecified atom stereocenters. The van der Waals surface area contributed by atoms with E-state index in [0.29, 0.717) is 0 Å². The molecule has 0 spiro atoms. The van der Waals surface area contributed by atoms with Gasteiger partial charge in [0.2, 0.25) is 5.95 Å². The molecule has 1 aliphatic rings. The molecule has 1 aromatic heterocycles. The zero-order chi connectivity index (χ0) is 12.5. The SMILES string of the molecule is CCNc1nnc(C2(C(=O)OC)CC2)n1CC. The lowest BCUT2D eigenvalue weighted by atomic mass is 10.1. The molecule has 0 bridgehead atoms. The summed E-state index contributed by atoms with van der Waals surface area (Å²) in [5, 5.41) is 11.4. The number of ether oxygens (including phenoxy) is 1. The molecule has 94 valence electrons. The smallest absolute Gasteiger partial charge is 0.319 e. The highest BCUT2D eigenvalue weighted by Crippen LogP contribution is 2.48. The highest BCUT2D eigenvalue weighted by Gasteiger charge is 2.56. The molecule has 1 aromatic rings. The van der Waals surface area contributed by atoms with Crippen LogP contribution in [0.2, 0.25) is 0 Å². The number of aromatic nitrogens is 3. The Labute approximate surface area is 100 Å². The number of methoxy groups -OCH3 is 1. The molecule has 1 N–H and O–H groups in total. The van der Waals surface area contributed by atoms with Crippen molar-refractivity contribution in [3.63, 3.8) is 0 Å². The van der Waals surface area contributed by atoms with E-state index in [-0.39, 0.29) is 5.97 Å². The van der Waals surface area contributed by atoms with Crippen molar-refractivity contribution >= 4 is 11.9 Å². The van der Waals surface area contributed by atoms with Gasteiger partial charge in [0.15, 0.2) is 5.82 Å². The van der Waals surface area contributed by atoms with Crippen LogP contribution in [0, 0.1) is 0 Å². The topological polar surface area (TPSA) is 69.0 Å². The van der Waals surface area contributed by atoms with Crippen LogP contribution in [0.5, 0.6) is 0 Å². The quantitative estimate of drug-likeness (QED) is 0.773. The summed E-state index contributed by atoms with van der Waals surface area (Å²) in [4.78, 5) is 11.8. The molecule has 0 radical (unpaired) electrons. The van der Waals surface area contributed by atoms with Gasteiger partial charge in [-0.05, 0) is 26.7 Å². The van der Waals surface area contributed by atoms with E-state index in [4.69, 9.17) is 4.74 Å². The minimum Gasteiger partial charge on any atom is -0.468 e. The monoisotopic (exact) mass is 238 g/mol. The van der Waals surface area contributed by atoms with Gasteiger partial charge in [-0.15, -0.1) is 10.2 Å². The molecule has 0 aliphatic heterocycles. The van der Waals surface area contributed by atoms with Gasteiger partial charge in [-0.1, -0.05) is 0 Å². The lowest BCUT2D eigenvalue weighted by Crippen LogP contribution is -2.26. The fraction of sp³-hybridized carbons (Fsp3) is 0.727. The first-order valence-corrected chi connectivity index (χ1v) is 5.95. The van der Waals surface area contributed by atoms with Crippen molar-refractivity contribution in [2.24, 2.45) is 0 Å². The summed E-state index contributed by atoms with van der Waals surface area (Å²) < 4.78 is 6.81. The first-order chi connectivity index (χ1) is 8.19. The van der Waals surface area contributed by atoms with Crippen LogP contribution >= 0.6 is 0 Å². The van der Waals surface area contributed by atoms with Gasteiger partial charge in [-0.25, -0.2) is 0 Å². The summed E-state index contributed by atoms with van der Waals surface area (Å²) in [6, 6.07) is 0. The van der Waals surface area contributed by atoms with E-state index in [9.17, 15) is 4.79 Å². The van der Waals surface area contributed by atoms with Crippen molar-refractivity contribution in [1.29, 1.82) is 0 Å². The molecule has 0 saturated heterocycles. The predicted molar refractivity (Wildman–Crippen MR) is 62.8 cm³/mol. The van der Waals surface area contributed by atoms with Gasteiger partial charge >= 0.3 is 5.97 Å². The highest BCUT2D eigenvalue weighted by molar-refractivity contribution is 5.85. The number of carbonyl (C=O) groups excluding carboxylic acids is 1. The van der Waals surface area contributed by atoms with E-state index >= 15 is 0 Å². The van der Waals surface area contributed by atoms with E-state index < -0.39 is 5.41 Å². The third-order valence-electron chi connectivity index (χ3n) is 3.16. The second kappa shape index (κ2) is 4.35. The standard InChI is InChI=1S/C11H18N4O2/c1-4-12-10-14-13-8(15(10)5-2)11(6-7-11)9(16)17-3/h4-7H2,1-3H3,(H,12,14). The average Bonchev–Trinajstić information content (AvgIpc) is 3.05. The molecular formula is C11H18N4O2. The number of nitrogens with zero attached hydrogens (tertiary/aromatic N) is 3. The highest BCUT2D eigenvalue weighted by atomic mass is 16.5. The van der Waals surface area contributed by atoms with E-state index in [1.807, 2.05) is 18.4 Å². The number of hydrogen-bond acceptors (Lipinski definition) is 5. The molecule has 1 aliphatic carbocycles. The molecule has 1 saturated carbocycles. The molecule has 6 nitrogen and oxygen atoms in total. The van der Waals surface area contributed by atoms with Crippen LogP contribution in [-0.2, 0) is 21.5 Å². The summed E-state index contributed by atoms with van der Waals surface area (Å²) >= 11 is 0. The second-order valence-electron chi connectivity index (χ2n) is 4.20. The van der Waals surface area contributed by atoms with Crippen LogP contribution in [-0.4, -0.2) is 34.4 Å². The number of anilines is 1. The van der Waals surface area contributed by atoms with Gasteiger partial charge in [0.25, 0.3) is 0 Å². The number of nitrogens with one attached hydrogen (secondary N) is 1. The van der Waals surface area contributed by atoms with Crippen molar-refractivity contribution in [2.45, 2.75) is 38.6 Å². The van der Waals surface area contributed by atoms with Gasteiger partial charge in [0.05, 0.1) is 7.11 Å². The van der Waals surface area contributed by atoms with Crippen molar-refractivity contribution in [2.75, 3.05) is 19.0 Å². The molecule has 17 heavy (non-hydrogen) atoms. The normalized spacial score (nSPS) is 16.6. The Morgan fingerprint density at radius 2 is 2.18 bits per heavy atom. The maximum absolute atomic E-state index is 11.8. The van der Waals surface area contributed by atoms with Crippen LogP contribution < -0.4 is 5.32 Å². The van der Waals surface area contributed by atoms with Crippen molar-refractivity contribution in [3.8, 4) is 0 Å². The van der Waals surface area contributed by atoms with Crippen LogP contribution in [0.3, 0.4) is 0 Å². The van der Waals surface area contributed by atoms with E-state index in [0.717, 1.165) is 37.7 Å². The molecule has 0 aromatic carbocycles. The summed E-state index contributed by atoms with van der Waals surface area (Å²) in [6.45, 7) is 5.54. The summed E-state index contributed by atoms with van der Waals surface area (Å²) in [6.07, 6.45) is 1.59. The maximum Gasteiger partial charge on any atom is 0.319 e. The molecule has 2 rings (SSSR count). The lowest BCUT2D eigenvalue weighted by Gasteiger charge is -2.14. The van der Waals surface area contributed by atoms with Crippen molar-refractivity contribution in [3.05, 3.63) is 5.82 Å². The van der Waals surface area contributed by atoms with Crippen LogP contribution in [0.25, 0.3) is 0 Å². The Bertz CT molecular complexity index is 423. The van der Waals surface area contributed by atoms with Crippen molar-refractivity contribution < 1.29 is 9.53 Å². The minimum atomic E-state index is -0.550. The van der Waals surface area contributed by atoms with E-state index in [1.54, 1.807) is 0 Å². The maximum atomic E-state index is 11.8. The van der Waals surface area contributed by atoms with Crippen LogP contribution in [0.1, 0.15) is 32.5 Å². The Kier molecular flexibility index (Phi) is 3.04. The summed E-state index contributed by atoms with van der Waals surface area (Å²) in [5.74, 6) is 1.24. The third-order valence-corrected chi connectivity index (χ3v) is 3.16. The first kappa shape index (κ1) is 11.9. The van der Waals surface area contributed by atoms with Gasteiger partial charge in [0, 0.05) is 13.1 Å². The van der Waals surface area contributed by atoms with Crippen molar-refractivity contribution in [1.82, 2.24) is 14.8 Å². The Hall–Kier alpha value is -1.59. The van der Waals surface area contributed by atoms with E-state index in [2.05, 4.69) is 15.5 Å². The Balaban J connectivity index is 2.36. The van der Waals surface area contributed by atoms with Gasteiger partial charge in [0.1, 0.15) is 5.41 Å². The Morgan fingerprint density at radius 1 is 1.47 bits per heavy atom. The molecule has 0 atom stereocenters. The molecule has 1 heterocycles. The largest absolute Gasteiger partial charge is 0.468 e. The fourth-order valence-corrected chi connectivity index (χ4v) is 2.08. The van der Waals surface area contributed by atoms with E-state index in [1.165, 1.54) is 7.11 Å². The summed E-state index contributed by atoms with van der Waals surface area (Å²) in [5.41, 5.74) is -0.550. The number of hydrogen-bond donors (Lipinski definition) is 1. The zero-order valence-corrected chi connectivity index (χ0v) is 10.5. The molecular weight excluding hydrogens is 220 g/mol. The second-order valence-corrected chi connectivity index (χ2v) is 4.20. The Morgan fingerprint density at radius 3 is 2.65 bits per heavy atom. The number of esters is 1. The van der Waals surface area contributed by atoms with Gasteiger partial charge in [-0.2, -0.15) is 0 Å². The first-order valence-electron chi connectivity index (χ1n) is 5.95.